The summed E-state index contributed by atoms with van der Waals surface area (Å²) in [6.07, 6.45) is -0.435. The first-order valence-corrected chi connectivity index (χ1v) is 14.7. The van der Waals surface area contributed by atoms with Gasteiger partial charge in [0.2, 0.25) is 0 Å². The molecule has 1 aromatic carbocycles. The molecule has 3 aromatic rings. The monoisotopic (exact) mass is 552 g/mol. The summed E-state index contributed by atoms with van der Waals surface area (Å²) < 4.78 is 39.1. The van der Waals surface area contributed by atoms with Crippen molar-refractivity contribution in [3.8, 4) is 0 Å². The standard InChI is InChI=1S/C22H28N6O7S2/c1-12-3-5-13(6-4-12)37(32,33)35-18-15(9-36(2)8-7-14(23)22(30)31)34-21(17(18)29)28-11-27-16-19(24)25-10-26-20(16)28/h3-6,10-11,14-15,17-18,21H,7-9,23H2,1-2H3,(H,30,31)(H2,24,25,26)/t14-,15+,17+,18+,21+,36?/m0/s1. The lowest BCUT2D eigenvalue weighted by molar-refractivity contribution is -0.444. The van der Waals surface area contributed by atoms with Gasteiger partial charge in [0.15, 0.2) is 11.5 Å². The van der Waals surface area contributed by atoms with E-state index in [2.05, 4.69) is 15.0 Å². The molecule has 0 saturated carbocycles. The Balaban J connectivity index is 1.61. The highest BCUT2D eigenvalue weighted by atomic mass is 32.2. The average Bonchev–Trinajstić information content (AvgIpc) is 3.40. The van der Waals surface area contributed by atoms with Gasteiger partial charge in [0, 0.05) is 6.42 Å². The largest absolute Gasteiger partial charge is 0.847 e. The number of imidazole rings is 1. The van der Waals surface area contributed by atoms with Crippen molar-refractivity contribution in [2.45, 2.75) is 48.8 Å². The lowest BCUT2D eigenvalue weighted by Gasteiger charge is -2.28. The molecule has 3 heterocycles. The molecular formula is C22H28N6O7S2. The van der Waals surface area contributed by atoms with Gasteiger partial charge >= 0.3 is 5.97 Å². The van der Waals surface area contributed by atoms with E-state index < -0.39 is 57.6 Å². The van der Waals surface area contributed by atoms with E-state index in [1.807, 2.05) is 13.2 Å². The molecule has 6 atom stereocenters. The van der Waals surface area contributed by atoms with Crippen LogP contribution >= 0.6 is 0 Å². The second-order valence-electron chi connectivity index (χ2n) is 8.83. The molecule has 1 aliphatic heterocycles. The van der Waals surface area contributed by atoms with Crippen molar-refractivity contribution in [3.63, 3.8) is 0 Å². The number of nitrogens with two attached hydrogens (primary N) is 2. The Morgan fingerprint density at radius 1 is 1.30 bits per heavy atom. The van der Waals surface area contributed by atoms with Crippen LogP contribution in [0.15, 0.2) is 41.8 Å². The Morgan fingerprint density at radius 3 is 2.68 bits per heavy atom. The van der Waals surface area contributed by atoms with E-state index >= 15 is 0 Å². The number of carboxylic acid groups (broad SMARTS) is 1. The number of ether oxygens (including phenoxy) is 1. The van der Waals surface area contributed by atoms with Gasteiger partial charge in [-0.25, -0.2) is 15.0 Å². The number of hydrogen-bond donors (Lipinski definition) is 3. The molecule has 2 aromatic heterocycles. The maximum atomic E-state index is 13.6. The van der Waals surface area contributed by atoms with Crippen molar-refractivity contribution in [2.24, 2.45) is 5.73 Å². The molecule has 5 N–H and O–H groups in total. The van der Waals surface area contributed by atoms with E-state index in [4.69, 9.17) is 25.5 Å². The van der Waals surface area contributed by atoms with Gasteiger partial charge < -0.3 is 26.4 Å². The molecule has 0 amide bonds. The average molecular weight is 553 g/mol. The fraction of sp³-hybridized carbons (Fsp3) is 0.455. The molecule has 1 unspecified atom stereocenters. The van der Waals surface area contributed by atoms with Crippen molar-refractivity contribution in [2.75, 3.05) is 23.5 Å². The number of carboxylic acids is 1. The normalized spacial score (nSPS) is 23.8. The molecule has 4 rings (SSSR count). The minimum atomic E-state index is -4.29. The van der Waals surface area contributed by atoms with Gasteiger partial charge in [0.1, 0.15) is 47.8 Å². The summed E-state index contributed by atoms with van der Waals surface area (Å²) >= 11 is 0. The second-order valence-corrected chi connectivity index (χ2v) is 12.7. The number of carbonyl (C=O) groups is 1. The van der Waals surface area contributed by atoms with Crippen molar-refractivity contribution < 1.29 is 32.3 Å². The minimum absolute atomic E-state index is 0.0796. The zero-order chi connectivity index (χ0) is 26.9. The highest BCUT2D eigenvalue weighted by Crippen LogP contribution is 2.35. The van der Waals surface area contributed by atoms with E-state index in [0.717, 1.165) is 5.56 Å². The van der Waals surface area contributed by atoms with Crippen LogP contribution in [-0.4, -0.2) is 81.1 Å². The number of nitrogens with zero attached hydrogens (tertiary/aromatic N) is 4. The number of hydrogen-bond acceptors (Lipinski definition) is 11. The van der Waals surface area contributed by atoms with Gasteiger partial charge in [-0.3, -0.25) is 13.5 Å². The molecule has 13 nitrogen and oxygen atoms in total. The molecule has 0 aliphatic carbocycles. The fourth-order valence-electron chi connectivity index (χ4n) is 3.96. The number of nitrogen functional groups attached to an aromatic ring is 1. The molecule has 200 valence electrons. The van der Waals surface area contributed by atoms with Crippen LogP contribution in [0.1, 0.15) is 18.2 Å². The Labute approximate surface area is 216 Å². The zero-order valence-electron chi connectivity index (χ0n) is 20.1. The molecular weight excluding hydrogens is 524 g/mol. The van der Waals surface area contributed by atoms with Crippen LogP contribution < -0.4 is 16.6 Å². The first kappa shape index (κ1) is 27.2. The maximum Gasteiger partial charge on any atom is 0.320 e. The predicted octanol–water partition coefficient (Wildman–Crippen LogP) is -0.833. The summed E-state index contributed by atoms with van der Waals surface area (Å²) in [4.78, 5) is 23.2. The van der Waals surface area contributed by atoms with Crippen molar-refractivity contribution >= 4 is 44.0 Å². The van der Waals surface area contributed by atoms with Crippen molar-refractivity contribution in [1.82, 2.24) is 19.5 Å². The Morgan fingerprint density at radius 2 is 2.00 bits per heavy atom. The third kappa shape index (κ3) is 5.86. The summed E-state index contributed by atoms with van der Waals surface area (Å²) in [6, 6.07) is 5.07. The highest BCUT2D eigenvalue weighted by Gasteiger charge is 2.46. The number of fused-ring (bicyclic) bond motifs is 1. The lowest BCUT2D eigenvalue weighted by Crippen LogP contribution is -2.46. The van der Waals surface area contributed by atoms with Crippen LogP contribution in [0.5, 0.6) is 0 Å². The Bertz CT molecular complexity index is 1370. The van der Waals surface area contributed by atoms with E-state index in [9.17, 15) is 18.3 Å². The Kier molecular flexibility index (Phi) is 8.01. The van der Waals surface area contributed by atoms with Gasteiger partial charge in [-0.15, -0.1) is 0 Å². The lowest BCUT2D eigenvalue weighted by atomic mass is 10.1. The van der Waals surface area contributed by atoms with Gasteiger partial charge in [-0.05, 0) is 36.1 Å². The van der Waals surface area contributed by atoms with Gasteiger partial charge in [0.25, 0.3) is 10.1 Å². The number of aliphatic carboxylic acids is 1. The number of aromatic nitrogens is 4. The zero-order valence-corrected chi connectivity index (χ0v) is 21.8. The van der Waals surface area contributed by atoms with Crippen LogP contribution in [-0.2, 0) is 34.7 Å². The van der Waals surface area contributed by atoms with Crippen LogP contribution in [0, 0.1) is 6.92 Å². The molecule has 0 radical (unpaired) electrons. The van der Waals surface area contributed by atoms with Crippen molar-refractivity contribution in [3.05, 3.63) is 42.5 Å². The van der Waals surface area contributed by atoms with Crippen LogP contribution in [0.2, 0.25) is 0 Å². The highest BCUT2D eigenvalue weighted by molar-refractivity contribution is 7.96. The smallest absolute Gasteiger partial charge is 0.320 e. The summed E-state index contributed by atoms with van der Waals surface area (Å²) in [5.74, 6) is -0.260. The summed E-state index contributed by atoms with van der Waals surface area (Å²) in [7, 11) is -4.74. The first-order valence-electron chi connectivity index (χ1n) is 11.3. The molecule has 0 bridgehead atoms. The van der Waals surface area contributed by atoms with Gasteiger partial charge in [-0.1, -0.05) is 17.7 Å². The summed E-state index contributed by atoms with van der Waals surface area (Å²) in [5, 5.41) is 22.6. The molecule has 1 saturated heterocycles. The first-order chi connectivity index (χ1) is 17.5. The number of benzene rings is 1. The van der Waals surface area contributed by atoms with Gasteiger partial charge in [-0.2, -0.15) is 8.42 Å². The molecule has 0 spiro atoms. The van der Waals surface area contributed by atoms with Gasteiger partial charge in [0.05, 0.1) is 17.5 Å². The quantitative estimate of drug-likeness (QED) is 0.208. The molecule has 37 heavy (non-hydrogen) atoms. The van der Waals surface area contributed by atoms with E-state index in [1.165, 1.54) is 29.4 Å². The fourth-order valence-corrected chi connectivity index (χ4v) is 6.72. The summed E-state index contributed by atoms with van der Waals surface area (Å²) in [5.41, 5.74) is 12.9. The van der Waals surface area contributed by atoms with E-state index in [-0.39, 0.29) is 34.1 Å². The van der Waals surface area contributed by atoms with E-state index in [1.54, 1.807) is 12.1 Å². The summed E-state index contributed by atoms with van der Waals surface area (Å²) in [6.45, 7) is 1.82. The molecule has 15 heteroatoms. The molecule has 1 fully saturated rings. The topological polar surface area (TPSA) is 209 Å². The van der Waals surface area contributed by atoms with Crippen LogP contribution in [0.25, 0.3) is 11.2 Å². The SMILES string of the molecule is Cc1ccc(S(=O)(=O)O[C@H]2[C@@H]([O-])[C@H](n3cnc4c(N)ncnc43)O[C@@H]2C[S+](C)CC[C@H](N)C(=O)O)cc1. The number of anilines is 1. The maximum absolute atomic E-state index is 13.6. The van der Waals surface area contributed by atoms with Crippen LogP contribution in [0.4, 0.5) is 5.82 Å². The van der Waals surface area contributed by atoms with Crippen LogP contribution in [0.3, 0.4) is 0 Å². The Hall–Kier alpha value is -2.82. The number of aryl methyl sites for hydroxylation is 1. The second kappa shape index (κ2) is 10.9. The molecule has 1 aliphatic rings. The van der Waals surface area contributed by atoms with E-state index in [0.29, 0.717) is 5.75 Å². The third-order valence-electron chi connectivity index (χ3n) is 6.04. The number of rotatable bonds is 10. The minimum Gasteiger partial charge on any atom is -0.847 e. The van der Waals surface area contributed by atoms with Crippen molar-refractivity contribution in [1.29, 1.82) is 0 Å². The third-order valence-corrected chi connectivity index (χ3v) is 9.19. The predicted molar refractivity (Wildman–Crippen MR) is 134 cm³/mol.